The van der Waals surface area contributed by atoms with Crippen LogP contribution in [0, 0.1) is 0 Å². The van der Waals surface area contributed by atoms with Crippen LogP contribution in [0.4, 0.5) is 11.6 Å². The van der Waals surface area contributed by atoms with Gasteiger partial charge in [0.05, 0.1) is 17.7 Å². The number of amides is 1. The lowest BCUT2D eigenvalue weighted by Crippen LogP contribution is -2.23. The Balaban J connectivity index is 1.60. The average Bonchev–Trinajstić information content (AvgIpc) is 2.73. The minimum Gasteiger partial charge on any atom is -0.495 e. The molecular formula is C20H20ClN5O2. The van der Waals surface area contributed by atoms with Crippen LogP contribution >= 0.6 is 11.6 Å². The van der Waals surface area contributed by atoms with E-state index in [0.29, 0.717) is 28.0 Å². The molecule has 1 amide bonds. The van der Waals surface area contributed by atoms with E-state index in [1.54, 1.807) is 30.6 Å². The number of nitrogens with zero attached hydrogens (tertiary/aromatic N) is 4. The summed E-state index contributed by atoms with van der Waals surface area (Å²) in [5.41, 5.74) is 2.11. The number of benzene rings is 1. The van der Waals surface area contributed by atoms with Crippen molar-refractivity contribution < 1.29 is 9.53 Å². The second kappa shape index (κ2) is 9.14. The van der Waals surface area contributed by atoms with E-state index in [9.17, 15) is 4.79 Å². The number of ether oxygens (including phenoxy) is 1. The molecule has 0 aliphatic rings. The summed E-state index contributed by atoms with van der Waals surface area (Å²) in [5, 5.41) is 3.19. The third-order valence-corrected chi connectivity index (χ3v) is 4.43. The molecule has 7 nitrogen and oxygen atoms in total. The highest BCUT2D eigenvalue weighted by Crippen LogP contribution is 2.27. The van der Waals surface area contributed by atoms with Crippen molar-refractivity contribution in [3.63, 3.8) is 0 Å². The third kappa shape index (κ3) is 4.95. The number of likely N-dealkylation sites (N-methyl/N-ethyl adjacent to an activating group) is 1. The number of hydrogen-bond donors (Lipinski definition) is 1. The maximum absolute atomic E-state index is 12.4. The summed E-state index contributed by atoms with van der Waals surface area (Å²) in [5.74, 6) is 0.785. The Morgan fingerprint density at radius 1 is 1.18 bits per heavy atom. The van der Waals surface area contributed by atoms with Crippen LogP contribution in [-0.4, -0.2) is 41.6 Å². The molecule has 3 aromatic rings. The van der Waals surface area contributed by atoms with Gasteiger partial charge in [-0.2, -0.15) is 0 Å². The largest absolute Gasteiger partial charge is 0.495 e. The molecule has 0 unspecified atom stereocenters. The van der Waals surface area contributed by atoms with E-state index >= 15 is 0 Å². The van der Waals surface area contributed by atoms with E-state index in [0.717, 1.165) is 13.0 Å². The number of methoxy groups -OCH3 is 1. The van der Waals surface area contributed by atoms with Crippen molar-refractivity contribution in [1.82, 2.24) is 15.0 Å². The van der Waals surface area contributed by atoms with Crippen molar-refractivity contribution in [3.8, 4) is 5.75 Å². The van der Waals surface area contributed by atoms with Crippen molar-refractivity contribution in [2.24, 2.45) is 0 Å². The zero-order valence-corrected chi connectivity index (χ0v) is 16.3. The SMILES string of the molecule is COc1ccc(NC(=O)c2cnc(N(C)CCc3ccncc3)nc2)cc1Cl. The first-order valence-electron chi connectivity index (χ1n) is 8.64. The maximum atomic E-state index is 12.4. The number of rotatable bonds is 7. The molecule has 1 aromatic carbocycles. The molecule has 3 rings (SSSR count). The molecule has 0 atom stereocenters. The molecule has 0 saturated heterocycles. The van der Waals surface area contributed by atoms with Crippen LogP contribution in [0.5, 0.6) is 5.75 Å². The number of carbonyl (C=O) groups excluding carboxylic acids is 1. The summed E-state index contributed by atoms with van der Waals surface area (Å²) in [4.78, 5) is 26.9. The minimum absolute atomic E-state index is 0.313. The average molecular weight is 398 g/mol. The van der Waals surface area contributed by atoms with Crippen molar-refractivity contribution >= 4 is 29.1 Å². The second-order valence-electron chi connectivity index (χ2n) is 6.10. The fourth-order valence-corrected chi connectivity index (χ4v) is 2.79. The van der Waals surface area contributed by atoms with Gasteiger partial charge in [0, 0.05) is 44.1 Å². The molecule has 0 spiro atoms. The monoisotopic (exact) mass is 397 g/mol. The smallest absolute Gasteiger partial charge is 0.258 e. The van der Waals surface area contributed by atoms with Crippen molar-refractivity contribution in [1.29, 1.82) is 0 Å². The van der Waals surface area contributed by atoms with Gasteiger partial charge in [0.25, 0.3) is 5.91 Å². The molecule has 0 radical (unpaired) electrons. The minimum atomic E-state index is -0.313. The quantitative estimate of drug-likeness (QED) is 0.657. The third-order valence-electron chi connectivity index (χ3n) is 4.14. The van der Waals surface area contributed by atoms with Crippen LogP contribution in [0.3, 0.4) is 0 Å². The van der Waals surface area contributed by atoms with Gasteiger partial charge in [0.15, 0.2) is 0 Å². The van der Waals surface area contributed by atoms with Gasteiger partial charge in [0.1, 0.15) is 5.75 Å². The van der Waals surface area contributed by atoms with Crippen LogP contribution in [0.25, 0.3) is 0 Å². The Kier molecular flexibility index (Phi) is 6.39. The fourth-order valence-electron chi connectivity index (χ4n) is 2.53. The zero-order chi connectivity index (χ0) is 19.9. The number of hydrogen-bond acceptors (Lipinski definition) is 6. The standard InChI is InChI=1S/C20H20ClN5O2/c1-26(10-7-14-5-8-22-9-6-14)20-23-12-15(13-24-20)19(27)25-16-3-4-18(28-2)17(21)11-16/h3-6,8-9,11-13H,7,10H2,1-2H3,(H,25,27). The van der Waals surface area contributed by atoms with E-state index in [1.807, 2.05) is 24.1 Å². The first-order valence-corrected chi connectivity index (χ1v) is 9.01. The lowest BCUT2D eigenvalue weighted by molar-refractivity contribution is 0.102. The number of pyridine rings is 1. The molecule has 0 saturated carbocycles. The lowest BCUT2D eigenvalue weighted by Gasteiger charge is -2.17. The van der Waals surface area contributed by atoms with Gasteiger partial charge < -0.3 is 15.0 Å². The van der Waals surface area contributed by atoms with E-state index in [-0.39, 0.29) is 5.91 Å². The summed E-state index contributed by atoms with van der Waals surface area (Å²) in [6.45, 7) is 0.750. The summed E-state index contributed by atoms with van der Waals surface area (Å²) < 4.78 is 5.10. The Morgan fingerprint density at radius 3 is 2.54 bits per heavy atom. The number of anilines is 2. The van der Waals surface area contributed by atoms with E-state index < -0.39 is 0 Å². The first-order chi connectivity index (χ1) is 13.6. The maximum Gasteiger partial charge on any atom is 0.258 e. The molecule has 0 aliphatic heterocycles. The molecule has 0 bridgehead atoms. The normalized spacial score (nSPS) is 10.4. The van der Waals surface area contributed by atoms with Crippen LogP contribution in [0.15, 0.2) is 55.1 Å². The van der Waals surface area contributed by atoms with Gasteiger partial charge in [-0.25, -0.2) is 9.97 Å². The van der Waals surface area contributed by atoms with E-state index in [2.05, 4.69) is 20.3 Å². The highest BCUT2D eigenvalue weighted by molar-refractivity contribution is 6.32. The summed E-state index contributed by atoms with van der Waals surface area (Å²) >= 11 is 6.08. The van der Waals surface area contributed by atoms with Gasteiger partial charge in [-0.3, -0.25) is 9.78 Å². The van der Waals surface area contributed by atoms with E-state index in [4.69, 9.17) is 16.3 Å². The Bertz CT molecular complexity index is 935. The fraction of sp³-hybridized carbons (Fsp3) is 0.200. The van der Waals surface area contributed by atoms with Crippen molar-refractivity contribution in [2.45, 2.75) is 6.42 Å². The second-order valence-corrected chi connectivity index (χ2v) is 6.51. The first kappa shape index (κ1) is 19.6. The highest BCUT2D eigenvalue weighted by atomic mass is 35.5. The van der Waals surface area contributed by atoms with Crippen LogP contribution in [0.2, 0.25) is 5.02 Å². The molecule has 8 heteroatoms. The summed E-state index contributed by atoms with van der Waals surface area (Å²) in [7, 11) is 3.45. The zero-order valence-electron chi connectivity index (χ0n) is 15.6. The van der Waals surface area contributed by atoms with E-state index in [1.165, 1.54) is 25.1 Å². The van der Waals surface area contributed by atoms with Gasteiger partial charge >= 0.3 is 0 Å². The van der Waals surface area contributed by atoms with Crippen LogP contribution in [-0.2, 0) is 6.42 Å². The highest BCUT2D eigenvalue weighted by Gasteiger charge is 2.11. The number of carbonyl (C=O) groups is 1. The Hall–Kier alpha value is -3.19. The molecular weight excluding hydrogens is 378 g/mol. The molecule has 2 heterocycles. The molecule has 144 valence electrons. The van der Waals surface area contributed by atoms with Gasteiger partial charge in [-0.15, -0.1) is 0 Å². The van der Waals surface area contributed by atoms with Gasteiger partial charge in [-0.1, -0.05) is 11.6 Å². The number of nitrogens with one attached hydrogen (secondary N) is 1. The topological polar surface area (TPSA) is 80.2 Å². The lowest BCUT2D eigenvalue weighted by atomic mass is 10.2. The predicted octanol–water partition coefficient (Wildman–Crippen LogP) is 3.46. The predicted molar refractivity (Wildman–Crippen MR) is 109 cm³/mol. The Morgan fingerprint density at radius 2 is 1.89 bits per heavy atom. The number of aromatic nitrogens is 3. The van der Waals surface area contributed by atoms with Gasteiger partial charge in [-0.05, 0) is 42.3 Å². The molecule has 1 N–H and O–H groups in total. The van der Waals surface area contributed by atoms with Gasteiger partial charge in [0.2, 0.25) is 5.95 Å². The molecule has 0 fully saturated rings. The summed E-state index contributed by atoms with van der Waals surface area (Å²) in [6, 6.07) is 8.99. The molecule has 2 aromatic heterocycles. The molecule has 28 heavy (non-hydrogen) atoms. The summed E-state index contributed by atoms with van der Waals surface area (Å²) in [6.07, 6.45) is 7.41. The van der Waals surface area contributed by atoms with Crippen molar-refractivity contribution in [3.05, 3.63) is 71.3 Å². The number of halogens is 1. The molecule has 0 aliphatic carbocycles. The Labute approximate surface area is 168 Å². The van der Waals surface area contributed by atoms with Crippen molar-refractivity contribution in [2.75, 3.05) is 30.9 Å². The van der Waals surface area contributed by atoms with Crippen LogP contribution < -0.4 is 15.0 Å². The van der Waals surface area contributed by atoms with Crippen LogP contribution in [0.1, 0.15) is 15.9 Å².